The minimum Gasteiger partial charge on any atom is -0.228 e. The van der Waals surface area contributed by atoms with Crippen LogP contribution in [0.2, 0.25) is 0 Å². The lowest BCUT2D eigenvalue weighted by Crippen LogP contribution is -2.31. The van der Waals surface area contributed by atoms with Gasteiger partial charge in [0, 0.05) is 26.5 Å². The molecule has 252 valence electrons. The van der Waals surface area contributed by atoms with Gasteiger partial charge in [0.05, 0.1) is 16.8 Å². The molecule has 1 aliphatic heterocycles. The Hall–Kier alpha value is -6.55. The lowest BCUT2D eigenvalue weighted by Gasteiger charge is -2.39. The average Bonchev–Trinajstić information content (AvgIpc) is 3.54. The largest absolute Gasteiger partial charge is 0.228 e. The van der Waals surface area contributed by atoms with Crippen LogP contribution in [-0.2, 0) is 5.41 Å². The smallest absolute Gasteiger partial charge is 0.160 e. The molecule has 2 aliphatic rings. The van der Waals surface area contributed by atoms with Gasteiger partial charge in [0.25, 0.3) is 0 Å². The summed E-state index contributed by atoms with van der Waals surface area (Å²) in [5.41, 5.74) is 14.9. The van der Waals surface area contributed by atoms with Gasteiger partial charge in [-0.2, -0.15) is 0 Å². The van der Waals surface area contributed by atoms with Gasteiger partial charge in [-0.1, -0.05) is 188 Å². The van der Waals surface area contributed by atoms with Crippen molar-refractivity contribution >= 4 is 22.5 Å². The van der Waals surface area contributed by atoms with Crippen LogP contribution in [0.1, 0.15) is 22.3 Å². The summed E-state index contributed by atoms with van der Waals surface area (Å²) in [6, 6.07) is 70.2. The molecule has 0 saturated carbocycles. The van der Waals surface area contributed by atoms with E-state index in [0.29, 0.717) is 5.82 Å². The van der Waals surface area contributed by atoms with Crippen LogP contribution in [0.25, 0.3) is 66.9 Å². The van der Waals surface area contributed by atoms with Gasteiger partial charge in [-0.05, 0) is 73.5 Å². The average molecular weight is 705 g/mol. The lowest BCUT2D eigenvalue weighted by atomic mass is 9.67. The second-order valence-electron chi connectivity index (χ2n) is 14.1. The molecule has 0 N–H and O–H groups in total. The molecule has 9 aromatic rings. The minimum atomic E-state index is -0.408. The van der Waals surface area contributed by atoms with Crippen molar-refractivity contribution in [1.82, 2.24) is 9.97 Å². The lowest BCUT2D eigenvalue weighted by molar-refractivity contribution is 0.722. The van der Waals surface area contributed by atoms with Crippen molar-refractivity contribution in [2.45, 2.75) is 15.2 Å². The molecule has 54 heavy (non-hydrogen) atoms. The van der Waals surface area contributed by atoms with Crippen LogP contribution in [-0.4, -0.2) is 9.97 Å². The van der Waals surface area contributed by atoms with E-state index in [2.05, 4.69) is 188 Å². The van der Waals surface area contributed by atoms with Crippen LogP contribution in [0.4, 0.5) is 0 Å². The topological polar surface area (TPSA) is 25.8 Å². The molecular formula is C51H32N2S. The molecule has 1 aliphatic carbocycles. The van der Waals surface area contributed by atoms with E-state index in [1.165, 1.54) is 65.1 Å². The van der Waals surface area contributed by atoms with Crippen molar-refractivity contribution in [3.05, 3.63) is 216 Å². The Kier molecular flexibility index (Phi) is 7.05. The molecule has 0 radical (unpaired) electrons. The van der Waals surface area contributed by atoms with E-state index >= 15 is 0 Å². The Morgan fingerprint density at radius 1 is 0.333 bits per heavy atom. The van der Waals surface area contributed by atoms with Crippen molar-refractivity contribution in [3.63, 3.8) is 0 Å². The Balaban J connectivity index is 1.13. The van der Waals surface area contributed by atoms with Crippen molar-refractivity contribution in [2.24, 2.45) is 0 Å². The quantitative estimate of drug-likeness (QED) is 0.182. The maximum absolute atomic E-state index is 5.28. The molecule has 0 bridgehead atoms. The normalized spacial score (nSPS) is 13.3. The molecule has 3 heteroatoms. The second-order valence-corrected chi connectivity index (χ2v) is 15.1. The molecule has 0 unspecified atom stereocenters. The number of hydrogen-bond donors (Lipinski definition) is 0. The zero-order valence-corrected chi connectivity index (χ0v) is 30.1. The van der Waals surface area contributed by atoms with E-state index in [0.717, 1.165) is 28.1 Å². The van der Waals surface area contributed by atoms with Gasteiger partial charge in [0.2, 0.25) is 0 Å². The first-order valence-electron chi connectivity index (χ1n) is 18.4. The van der Waals surface area contributed by atoms with Gasteiger partial charge >= 0.3 is 0 Å². The Morgan fingerprint density at radius 2 is 0.870 bits per heavy atom. The van der Waals surface area contributed by atoms with Crippen LogP contribution in [0.5, 0.6) is 0 Å². The summed E-state index contributed by atoms with van der Waals surface area (Å²) >= 11 is 1.86. The fourth-order valence-corrected chi connectivity index (χ4v) is 10.1. The van der Waals surface area contributed by atoms with Gasteiger partial charge < -0.3 is 0 Å². The number of hydrogen-bond acceptors (Lipinski definition) is 3. The van der Waals surface area contributed by atoms with E-state index < -0.39 is 5.41 Å². The van der Waals surface area contributed by atoms with E-state index in [-0.39, 0.29) is 0 Å². The Morgan fingerprint density at radius 3 is 1.59 bits per heavy atom. The van der Waals surface area contributed by atoms with Gasteiger partial charge in [-0.15, -0.1) is 0 Å². The van der Waals surface area contributed by atoms with Crippen molar-refractivity contribution in [2.75, 3.05) is 0 Å². The predicted octanol–water partition coefficient (Wildman–Crippen LogP) is 13.1. The molecule has 8 aromatic carbocycles. The summed E-state index contributed by atoms with van der Waals surface area (Å²) in [7, 11) is 0. The SMILES string of the molecule is c1ccc(-c2nc(-c3ccc4c(c3)Sc3ccccc3C43c4ccccc4-c4ccccc43)cc(-c3ccc(-c4ccccc4)c4ccccc34)n2)cc1. The molecule has 0 saturated heterocycles. The van der Waals surface area contributed by atoms with Gasteiger partial charge in [-0.25, -0.2) is 9.97 Å². The summed E-state index contributed by atoms with van der Waals surface area (Å²) in [6.07, 6.45) is 0. The zero-order chi connectivity index (χ0) is 35.6. The van der Waals surface area contributed by atoms with Crippen LogP contribution < -0.4 is 0 Å². The molecule has 0 fully saturated rings. The molecular weight excluding hydrogens is 673 g/mol. The highest BCUT2D eigenvalue weighted by molar-refractivity contribution is 7.99. The van der Waals surface area contributed by atoms with E-state index in [9.17, 15) is 0 Å². The van der Waals surface area contributed by atoms with E-state index in [1.54, 1.807) is 0 Å². The first kappa shape index (κ1) is 31.0. The highest BCUT2D eigenvalue weighted by atomic mass is 32.2. The highest BCUT2D eigenvalue weighted by Gasteiger charge is 2.50. The molecule has 1 aromatic heterocycles. The second kappa shape index (κ2) is 12.3. The maximum Gasteiger partial charge on any atom is 0.160 e. The fourth-order valence-electron chi connectivity index (χ4n) is 8.86. The van der Waals surface area contributed by atoms with E-state index in [1.807, 2.05) is 17.8 Å². The highest BCUT2D eigenvalue weighted by Crippen LogP contribution is 2.62. The molecule has 0 amide bonds. The van der Waals surface area contributed by atoms with Crippen LogP contribution in [0.15, 0.2) is 204 Å². The molecule has 11 rings (SSSR count). The molecule has 2 heterocycles. The van der Waals surface area contributed by atoms with Crippen molar-refractivity contribution in [3.8, 4) is 56.2 Å². The Bertz CT molecular complexity index is 2870. The van der Waals surface area contributed by atoms with Gasteiger partial charge in [0.1, 0.15) is 0 Å². The summed E-state index contributed by atoms with van der Waals surface area (Å²) in [5.74, 6) is 0.713. The third-order valence-electron chi connectivity index (χ3n) is 11.2. The molecule has 2 nitrogen and oxygen atoms in total. The monoisotopic (exact) mass is 704 g/mol. The predicted molar refractivity (Wildman–Crippen MR) is 223 cm³/mol. The third-order valence-corrected chi connectivity index (χ3v) is 12.3. The number of aromatic nitrogens is 2. The number of fused-ring (bicyclic) bond motifs is 10. The summed E-state index contributed by atoms with van der Waals surface area (Å²) < 4.78 is 0. The zero-order valence-electron chi connectivity index (χ0n) is 29.3. The van der Waals surface area contributed by atoms with E-state index in [4.69, 9.17) is 9.97 Å². The fraction of sp³-hybridized carbons (Fsp3) is 0.0196. The summed E-state index contributed by atoms with van der Waals surface area (Å²) in [4.78, 5) is 13.1. The van der Waals surface area contributed by atoms with Crippen LogP contribution >= 0.6 is 11.8 Å². The maximum atomic E-state index is 5.28. The van der Waals surface area contributed by atoms with Crippen LogP contribution in [0, 0.1) is 0 Å². The van der Waals surface area contributed by atoms with Crippen LogP contribution in [0.3, 0.4) is 0 Å². The van der Waals surface area contributed by atoms with Gasteiger partial charge in [0.15, 0.2) is 5.82 Å². The van der Waals surface area contributed by atoms with Crippen molar-refractivity contribution < 1.29 is 0 Å². The Labute approximate surface area is 318 Å². The third kappa shape index (κ3) is 4.62. The number of rotatable bonds is 4. The summed E-state index contributed by atoms with van der Waals surface area (Å²) in [6.45, 7) is 0. The first-order valence-corrected chi connectivity index (χ1v) is 19.2. The minimum absolute atomic E-state index is 0.408. The molecule has 0 atom stereocenters. The standard InChI is InChI=1S/C51H32N2S/c1-3-15-33(16-4-1)36-28-29-41(38-20-8-7-19-37(36)38)47-32-46(52-50(53-47)34-17-5-2-6-18-34)35-27-30-45-49(31-35)54-48-26-14-13-25-44(48)51(45)42-23-11-9-21-39(42)40-22-10-12-24-43(40)51/h1-32H. The molecule has 1 spiro atoms. The van der Waals surface area contributed by atoms with Gasteiger partial charge in [-0.3, -0.25) is 0 Å². The number of nitrogens with zero attached hydrogens (tertiary/aromatic N) is 2. The first-order chi connectivity index (χ1) is 26.8. The van der Waals surface area contributed by atoms with Crippen molar-refractivity contribution in [1.29, 1.82) is 0 Å². The summed E-state index contributed by atoms with van der Waals surface area (Å²) in [5, 5.41) is 2.37. The number of benzene rings is 8.